The van der Waals surface area contributed by atoms with Gasteiger partial charge in [0.25, 0.3) is 11.8 Å². The number of hydrogen-bond donors (Lipinski definition) is 0. The van der Waals surface area contributed by atoms with E-state index in [1.807, 2.05) is 55.1 Å². The maximum absolute atomic E-state index is 13.9. The van der Waals surface area contributed by atoms with Gasteiger partial charge in [0.15, 0.2) is 0 Å². The normalized spacial score (nSPS) is 15.8. The zero-order valence-electron chi connectivity index (χ0n) is 19.1. The average Bonchev–Trinajstić information content (AvgIpc) is 3.10. The van der Waals surface area contributed by atoms with Crippen molar-refractivity contribution in [2.75, 3.05) is 23.5 Å². The first kappa shape index (κ1) is 21.0. The number of nitrogens with zero attached hydrogens (tertiary/aromatic N) is 2. The number of anilines is 2. The van der Waals surface area contributed by atoms with E-state index < -0.39 is 0 Å². The highest BCUT2D eigenvalue weighted by Crippen LogP contribution is 2.40. The van der Waals surface area contributed by atoms with E-state index in [1.165, 1.54) is 10.5 Å². The first-order valence-electron chi connectivity index (χ1n) is 11.2. The van der Waals surface area contributed by atoms with E-state index in [1.54, 1.807) is 31.4 Å². The lowest BCUT2D eigenvalue weighted by Crippen LogP contribution is -2.37. The summed E-state index contributed by atoms with van der Waals surface area (Å²) in [6, 6.07) is 21.1. The Bertz CT molecular complexity index is 1290. The Kier molecular flexibility index (Phi) is 5.25. The molecule has 2 amide bonds. The number of methoxy groups -OCH3 is 1. The second-order valence-electron chi connectivity index (χ2n) is 8.55. The second-order valence-corrected chi connectivity index (χ2v) is 8.55. The van der Waals surface area contributed by atoms with Crippen molar-refractivity contribution in [1.29, 1.82) is 0 Å². The number of carbonyl (C=O) groups is 2. The van der Waals surface area contributed by atoms with Crippen LogP contribution in [0, 0.1) is 13.8 Å². The molecule has 5 nitrogen and oxygen atoms in total. The number of amides is 2. The first-order chi connectivity index (χ1) is 16.0. The zero-order valence-corrected chi connectivity index (χ0v) is 19.1. The molecular formula is C28H26N2O3. The molecule has 0 aliphatic carbocycles. The Hall–Kier alpha value is -3.86. The second kappa shape index (κ2) is 8.24. The van der Waals surface area contributed by atoms with Crippen LogP contribution in [0.25, 0.3) is 5.57 Å². The molecule has 2 aliphatic rings. The molecule has 0 bridgehead atoms. The van der Waals surface area contributed by atoms with Crippen molar-refractivity contribution in [2.45, 2.75) is 26.7 Å². The number of ether oxygens (including phenoxy) is 1. The molecule has 3 aromatic rings. The number of fused-ring (bicyclic) bond motifs is 1. The van der Waals surface area contributed by atoms with Gasteiger partial charge < -0.3 is 9.64 Å². The summed E-state index contributed by atoms with van der Waals surface area (Å²) in [4.78, 5) is 31.0. The average molecular weight is 439 g/mol. The van der Waals surface area contributed by atoms with Gasteiger partial charge in [-0.2, -0.15) is 0 Å². The standard InChI is InChI=1S/C28H26N2O3/c1-18-10-11-21(17-19(18)2)25-26(29-16-6-8-20-7-4-5-9-24(20)29)28(32)30(27(25)31)22-12-14-23(33-3)15-13-22/h4-5,7,9-15,17H,6,8,16H2,1-3H3. The van der Waals surface area contributed by atoms with Crippen LogP contribution < -0.4 is 14.5 Å². The van der Waals surface area contributed by atoms with E-state index in [0.717, 1.165) is 35.2 Å². The summed E-state index contributed by atoms with van der Waals surface area (Å²) in [5.41, 5.74) is 6.63. The van der Waals surface area contributed by atoms with E-state index in [2.05, 4.69) is 6.07 Å². The molecule has 0 unspecified atom stereocenters. The third kappa shape index (κ3) is 3.50. The molecule has 2 heterocycles. The van der Waals surface area contributed by atoms with Gasteiger partial charge in [-0.15, -0.1) is 0 Å². The van der Waals surface area contributed by atoms with Crippen LogP contribution in [0.15, 0.2) is 72.4 Å². The lowest BCUT2D eigenvalue weighted by Gasteiger charge is -2.32. The molecule has 0 aromatic heterocycles. The number of hydrogen-bond acceptors (Lipinski definition) is 4. The van der Waals surface area contributed by atoms with Gasteiger partial charge in [-0.05, 0) is 79.3 Å². The number of carbonyl (C=O) groups excluding carboxylic acids is 2. The summed E-state index contributed by atoms with van der Waals surface area (Å²) in [6.45, 7) is 4.76. The lowest BCUT2D eigenvalue weighted by atomic mass is 9.97. The topological polar surface area (TPSA) is 49.9 Å². The summed E-state index contributed by atoms with van der Waals surface area (Å²) in [7, 11) is 1.59. The van der Waals surface area contributed by atoms with Crippen molar-refractivity contribution < 1.29 is 14.3 Å². The summed E-state index contributed by atoms with van der Waals surface area (Å²) in [5, 5.41) is 0. The molecule has 5 rings (SSSR count). The Morgan fingerprint density at radius 2 is 1.61 bits per heavy atom. The molecule has 166 valence electrons. The minimum Gasteiger partial charge on any atom is -0.497 e. The lowest BCUT2D eigenvalue weighted by molar-refractivity contribution is -0.120. The monoisotopic (exact) mass is 438 g/mol. The molecule has 0 saturated carbocycles. The summed E-state index contributed by atoms with van der Waals surface area (Å²) in [6.07, 6.45) is 1.88. The van der Waals surface area contributed by atoms with Crippen LogP contribution in [0.4, 0.5) is 11.4 Å². The van der Waals surface area contributed by atoms with Gasteiger partial charge in [-0.3, -0.25) is 9.59 Å². The fourth-order valence-corrected chi connectivity index (χ4v) is 4.66. The highest BCUT2D eigenvalue weighted by atomic mass is 16.5. The van der Waals surface area contributed by atoms with Gasteiger partial charge in [-0.25, -0.2) is 4.90 Å². The summed E-state index contributed by atoms with van der Waals surface area (Å²) >= 11 is 0. The van der Waals surface area contributed by atoms with Crippen LogP contribution in [0.5, 0.6) is 5.75 Å². The molecular weight excluding hydrogens is 412 g/mol. The van der Waals surface area contributed by atoms with Gasteiger partial charge in [0.05, 0.1) is 18.4 Å². The maximum atomic E-state index is 13.9. The Balaban J connectivity index is 1.69. The predicted molar refractivity (Wildman–Crippen MR) is 130 cm³/mol. The highest BCUT2D eigenvalue weighted by molar-refractivity contribution is 6.46. The molecule has 0 fully saturated rings. The quantitative estimate of drug-likeness (QED) is 0.535. The largest absolute Gasteiger partial charge is 0.497 e. The van der Waals surface area contributed by atoms with Crippen molar-refractivity contribution >= 4 is 28.8 Å². The van der Waals surface area contributed by atoms with Gasteiger partial charge in [0.1, 0.15) is 11.4 Å². The van der Waals surface area contributed by atoms with E-state index in [-0.39, 0.29) is 11.8 Å². The van der Waals surface area contributed by atoms with Crippen LogP contribution >= 0.6 is 0 Å². The molecule has 0 saturated heterocycles. The molecule has 0 N–H and O–H groups in total. The van der Waals surface area contributed by atoms with Crippen LogP contribution in [0.3, 0.4) is 0 Å². The molecule has 2 aliphatic heterocycles. The third-order valence-corrected chi connectivity index (χ3v) is 6.57. The first-order valence-corrected chi connectivity index (χ1v) is 11.2. The SMILES string of the molecule is COc1ccc(N2C(=O)C(c3ccc(C)c(C)c3)=C(N3CCCc4ccccc43)C2=O)cc1. The van der Waals surface area contributed by atoms with Crippen molar-refractivity contribution in [3.05, 3.63) is 94.7 Å². The number of benzene rings is 3. The minimum absolute atomic E-state index is 0.296. The number of rotatable bonds is 4. The summed E-state index contributed by atoms with van der Waals surface area (Å²) < 4.78 is 5.25. The molecule has 3 aromatic carbocycles. The number of para-hydroxylation sites is 1. The van der Waals surface area contributed by atoms with E-state index >= 15 is 0 Å². The van der Waals surface area contributed by atoms with Gasteiger partial charge in [0, 0.05) is 12.2 Å². The predicted octanol–water partition coefficient (Wildman–Crippen LogP) is 5.05. The van der Waals surface area contributed by atoms with Gasteiger partial charge >= 0.3 is 0 Å². The van der Waals surface area contributed by atoms with Crippen molar-refractivity contribution in [1.82, 2.24) is 0 Å². The molecule has 33 heavy (non-hydrogen) atoms. The Labute approximate surface area is 193 Å². The van der Waals surface area contributed by atoms with Crippen molar-refractivity contribution in [3.8, 4) is 5.75 Å². The van der Waals surface area contributed by atoms with Crippen LogP contribution in [-0.4, -0.2) is 25.5 Å². The van der Waals surface area contributed by atoms with Crippen molar-refractivity contribution in [3.63, 3.8) is 0 Å². The van der Waals surface area contributed by atoms with E-state index in [0.29, 0.717) is 29.3 Å². The fourth-order valence-electron chi connectivity index (χ4n) is 4.66. The van der Waals surface area contributed by atoms with Crippen LogP contribution in [0.2, 0.25) is 0 Å². The van der Waals surface area contributed by atoms with Crippen molar-refractivity contribution in [2.24, 2.45) is 0 Å². The summed E-state index contributed by atoms with van der Waals surface area (Å²) in [5.74, 6) is 0.0759. The number of imide groups is 1. The van der Waals surface area contributed by atoms with Crippen LogP contribution in [0.1, 0.15) is 28.7 Å². The smallest absolute Gasteiger partial charge is 0.282 e. The zero-order chi connectivity index (χ0) is 23.1. The fraction of sp³-hybridized carbons (Fsp3) is 0.214. The van der Waals surface area contributed by atoms with Gasteiger partial charge in [0.2, 0.25) is 0 Å². The molecule has 5 heteroatoms. The van der Waals surface area contributed by atoms with Gasteiger partial charge in [-0.1, -0.05) is 36.4 Å². The van der Waals surface area contributed by atoms with E-state index in [9.17, 15) is 9.59 Å². The minimum atomic E-state index is -0.300. The van der Waals surface area contributed by atoms with Crippen LogP contribution in [-0.2, 0) is 16.0 Å². The molecule has 0 radical (unpaired) electrons. The Morgan fingerprint density at radius 1 is 0.848 bits per heavy atom. The number of aryl methyl sites for hydroxylation is 3. The highest BCUT2D eigenvalue weighted by Gasteiger charge is 2.43. The molecule has 0 atom stereocenters. The Morgan fingerprint density at radius 3 is 2.33 bits per heavy atom. The third-order valence-electron chi connectivity index (χ3n) is 6.57. The maximum Gasteiger partial charge on any atom is 0.282 e. The van der Waals surface area contributed by atoms with E-state index in [4.69, 9.17) is 4.74 Å². The molecule has 0 spiro atoms.